The lowest BCUT2D eigenvalue weighted by Gasteiger charge is -2.35. The van der Waals surface area contributed by atoms with Crippen molar-refractivity contribution in [3.05, 3.63) is 52.8 Å². The number of amides is 1. The molecule has 2 heterocycles. The average Bonchev–Trinajstić information content (AvgIpc) is 2.89. The number of hydrogen-bond donors (Lipinski definition) is 1. The molecule has 5 nitrogen and oxygen atoms in total. The van der Waals surface area contributed by atoms with Crippen molar-refractivity contribution in [1.29, 1.82) is 0 Å². The lowest BCUT2D eigenvalue weighted by atomic mass is 10.0. The highest BCUT2D eigenvalue weighted by Crippen LogP contribution is 2.24. The van der Waals surface area contributed by atoms with Gasteiger partial charge in [0.25, 0.3) is 5.91 Å². The van der Waals surface area contributed by atoms with Crippen molar-refractivity contribution in [3.63, 3.8) is 0 Å². The molecule has 0 bridgehead atoms. The van der Waals surface area contributed by atoms with Crippen molar-refractivity contribution >= 4 is 5.91 Å². The monoisotopic (exact) mass is 340 g/mol. The van der Waals surface area contributed by atoms with Gasteiger partial charge in [0, 0.05) is 19.3 Å². The van der Waals surface area contributed by atoms with Crippen LogP contribution in [0, 0.1) is 13.8 Å². The van der Waals surface area contributed by atoms with Gasteiger partial charge in [-0.1, -0.05) is 36.8 Å². The Bertz CT molecular complexity index is 717. The molecule has 25 heavy (non-hydrogen) atoms. The summed E-state index contributed by atoms with van der Waals surface area (Å²) in [4.78, 5) is 15.2. The van der Waals surface area contributed by atoms with E-state index in [0.717, 1.165) is 24.5 Å². The predicted molar refractivity (Wildman–Crippen MR) is 99.6 cm³/mol. The summed E-state index contributed by atoms with van der Waals surface area (Å²) in [5.74, 6) is -0.0268. The van der Waals surface area contributed by atoms with Gasteiger partial charge in [0.1, 0.15) is 0 Å². The minimum absolute atomic E-state index is 0.0268. The third-order valence-corrected chi connectivity index (χ3v) is 5.21. The van der Waals surface area contributed by atoms with E-state index in [4.69, 9.17) is 0 Å². The number of aromatic nitrogens is 2. The van der Waals surface area contributed by atoms with Crippen LogP contribution in [0.25, 0.3) is 0 Å². The van der Waals surface area contributed by atoms with E-state index in [9.17, 15) is 4.79 Å². The average molecular weight is 340 g/mol. The molecule has 1 aliphatic rings. The van der Waals surface area contributed by atoms with Gasteiger partial charge in [0.05, 0.1) is 17.3 Å². The van der Waals surface area contributed by atoms with Gasteiger partial charge in [-0.2, -0.15) is 5.10 Å². The topological polar surface area (TPSA) is 50.2 Å². The Morgan fingerprint density at radius 2 is 1.84 bits per heavy atom. The molecule has 0 unspecified atom stereocenters. The second-order valence-electron chi connectivity index (χ2n) is 6.90. The van der Waals surface area contributed by atoms with E-state index in [2.05, 4.69) is 39.6 Å². The van der Waals surface area contributed by atoms with Gasteiger partial charge in [0.2, 0.25) is 0 Å². The highest BCUT2D eigenvalue weighted by atomic mass is 16.1. The summed E-state index contributed by atoms with van der Waals surface area (Å²) in [7, 11) is 1.87. The number of carbonyl (C=O) groups is 1. The number of likely N-dealkylation sites (tertiary alicyclic amines) is 1. The Kier molecular flexibility index (Phi) is 5.53. The van der Waals surface area contributed by atoms with Crippen LogP contribution in [-0.2, 0) is 7.05 Å². The molecule has 0 radical (unpaired) electrons. The number of rotatable bonds is 5. The summed E-state index contributed by atoms with van der Waals surface area (Å²) in [5.41, 5.74) is 3.66. The quantitative estimate of drug-likeness (QED) is 0.910. The molecule has 1 aromatic carbocycles. The van der Waals surface area contributed by atoms with Gasteiger partial charge >= 0.3 is 0 Å². The van der Waals surface area contributed by atoms with E-state index in [1.165, 1.54) is 24.8 Å². The highest BCUT2D eigenvalue weighted by Gasteiger charge is 2.24. The summed E-state index contributed by atoms with van der Waals surface area (Å²) >= 11 is 0. The Morgan fingerprint density at radius 3 is 2.44 bits per heavy atom. The number of nitrogens with one attached hydrogen (secondary N) is 1. The van der Waals surface area contributed by atoms with Gasteiger partial charge in [0.15, 0.2) is 0 Å². The molecule has 1 aliphatic heterocycles. The lowest BCUT2D eigenvalue weighted by Crippen LogP contribution is -2.40. The number of hydrogen-bond acceptors (Lipinski definition) is 3. The fraction of sp³-hybridized carbons (Fsp3) is 0.500. The van der Waals surface area contributed by atoms with Crippen LogP contribution in [0.4, 0.5) is 0 Å². The van der Waals surface area contributed by atoms with Crippen LogP contribution in [0.15, 0.2) is 30.3 Å². The Hall–Kier alpha value is -2.14. The molecule has 0 saturated carbocycles. The number of nitrogens with zero attached hydrogens (tertiary/aromatic N) is 3. The Morgan fingerprint density at radius 1 is 1.16 bits per heavy atom. The molecule has 1 amide bonds. The minimum Gasteiger partial charge on any atom is -0.350 e. The second-order valence-corrected chi connectivity index (χ2v) is 6.90. The summed E-state index contributed by atoms with van der Waals surface area (Å²) in [6, 6.07) is 10.7. The normalized spacial score (nSPS) is 16.6. The van der Waals surface area contributed by atoms with Gasteiger partial charge in [-0.05, 0) is 45.3 Å². The van der Waals surface area contributed by atoms with Crippen molar-refractivity contribution < 1.29 is 4.79 Å². The summed E-state index contributed by atoms with van der Waals surface area (Å²) in [5, 5.41) is 7.51. The maximum atomic E-state index is 12.7. The molecular formula is C20H28N4O. The fourth-order valence-electron chi connectivity index (χ4n) is 3.74. The van der Waals surface area contributed by atoms with E-state index in [-0.39, 0.29) is 11.9 Å². The molecule has 134 valence electrons. The number of aryl methyl sites for hydroxylation is 2. The van der Waals surface area contributed by atoms with Crippen molar-refractivity contribution in [3.8, 4) is 0 Å². The zero-order valence-corrected chi connectivity index (χ0v) is 15.5. The van der Waals surface area contributed by atoms with Gasteiger partial charge in [-0.3, -0.25) is 14.4 Å². The smallest absolute Gasteiger partial charge is 0.255 e. The fourth-order valence-corrected chi connectivity index (χ4v) is 3.74. The van der Waals surface area contributed by atoms with Crippen LogP contribution in [0.1, 0.15) is 52.6 Å². The predicted octanol–water partition coefficient (Wildman–Crippen LogP) is 2.99. The number of carbonyl (C=O) groups excluding carboxylic acids is 1. The molecule has 1 fully saturated rings. The largest absolute Gasteiger partial charge is 0.350 e. The number of benzene rings is 1. The van der Waals surface area contributed by atoms with Crippen molar-refractivity contribution in [2.24, 2.45) is 7.05 Å². The molecule has 1 N–H and O–H groups in total. The van der Waals surface area contributed by atoms with Crippen molar-refractivity contribution in [1.82, 2.24) is 20.0 Å². The molecule has 1 aromatic heterocycles. The Balaban J connectivity index is 1.75. The van der Waals surface area contributed by atoms with Crippen LogP contribution in [0.2, 0.25) is 0 Å². The first-order chi connectivity index (χ1) is 12.1. The summed E-state index contributed by atoms with van der Waals surface area (Å²) in [6.45, 7) is 6.65. The SMILES string of the molecule is Cc1nn(C)c(C)c1C(=O)NC[C@H](c1ccccc1)N1CCCCC1. The van der Waals surface area contributed by atoms with E-state index in [1.54, 1.807) is 4.68 Å². The Labute approximate surface area is 150 Å². The maximum Gasteiger partial charge on any atom is 0.255 e. The van der Waals surface area contributed by atoms with E-state index in [0.29, 0.717) is 12.1 Å². The van der Waals surface area contributed by atoms with E-state index >= 15 is 0 Å². The molecule has 2 aromatic rings. The number of piperidine rings is 1. The van der Waals surface area contributed by atoms with Crippen LogP contribution in [-0.4, -0.2) is 40.2 Å². The molecule has 0 aliphatic carbocycles. The zero-order valence-electron chi connectivity index (χ0n) is 15.5. The maximum absolute atomic E-state index is 12.7. The zero-order chi connectivity index (χ0) is 17.8. The molecule has 1 saturated heterocycles. The first-order valence-corrected chi connectivity index (χ1v) is 9.15. The summed E-state index contributed by atoms with van der Waals surface area (Å²) < 4.78 is 1.77. The van der Waals surface area contributed by atoms with Crippen molar-refractivity contribution in [2.75, 3.05) is 19.6 Å². The molecular weight excluding hydrogens is 312 g/mol. The first kappa shape index (κ1) is 17.7. The third kappa shape index (κ3) is 3.93. The van der Waals surface area contributed by atoms with Crippen LogP contribution in [0.3, 0.4) is 0 Å². The van der Waals surface area contributed by atoms with E-state index < -0.39 is 0 Å². The van der Waals surface area contributed by atoms with Gasteiger partial charge < -0.3 is 5.32 Å². The summed E-state index contributed by atoms with van der Waals surface area (Å²) in [6.07, 6.45) is 3.77. The second kappa shape index (κ2) is 7.83. The van der Waals surface area contributed by atoms with Gasteiger partial charge in [-0.15, -0.1) is 0 Å². The third-order valence-electron chi connectivity index (χ3n) is 5.21. The highest BCUT2D eigenvalue weighted by molar-refractivity contribution is 5.96. The van der Waals surface area contributed by atoms with Crippen LogP contribution in [0.5, 0.6) is 0 Å². The van der Waals surface area contributed by atoms with Crippen molar-refractivity contribution in [2.45, 2.75) is 39.2 Å². The van der Waals surface area contributed by atoms with Gasteiger partial charge in [-0.25, -0.2) is 0 Å². The first-order valence-electron chi connectivity index (χ1n) is 9.15. The minimum atomic E-state index is -0.0268. The van der Waals surface area contributed by atoms with E-state index in [1.807, 2.05) is 27.0 Å². The molecule has 5 heteroatoms. The van der Waals surface area contributed by atoms with Crippen LogP contribution >= 0.6 is 0 Å². The van der Waals surface area contributed by atoms with Crippen LogP contribution < -0.4 is 5.32 Å². The standard InChI is InChI=1S/C20H28N4O/c1-15-19(16(2)23(3)22-15)20(25)21-14-18(17-10-6-4-7-11-17)24-12-8-5-9-13-24/h4,6-7,10-11,18H,5,8-9,12-14H2,1-3H3,(H,21,25)/t18-/m1/s1. The lowest BCUT2D eigenvalue weighted by molar-refractivity contribution is 0.0923. The molecule has 0 spiro atoms. The molecule has 1 atom stereocenters. The molecule has 3 rings (SSSR count).